The van der Waals surface area contributed by atoms with E-state index in [1.165, 1.54) is 12.1 Å². The third-order valence-electron chi connectivity index (χ3n) is 3.35. The average molecular weight is 414 g/mol. The van der Waals surface area contributed by atoms with Gasteiger partial charge in [-0.15, -0.1) is 0 Å². The van der Waals surface area contributed by atoms with Crippen LogP contribution < -0.4 is 10.0 Å². The number of nitrogens with zero attached hydrogens (tertiary/aromatic N) is 1. The monoisotopic (exact) mass is 413 g/mol. The van der Waals surface area contributed by atoms with Gasteiger partial charge in [-0.2, -0.15) is 11.8 Å². The SMILES string of the molecule is CS(=O)(=O)NC(=NCC(O)c1ccc(O)cc1)NCCSCc1ccco1. The van der Waals surface area contributed by atoms with Crippen LogP contribution in [-0.2, 0) is 15.8 Å². The molecule has 1 aromatic carbocycles. The number of aliphatic imine (C=N–C) groups is 1. The number of hydrogen-bond acceptors (Lipinski definition) is 7. The maximum absolute atomic E-state index is 11.5. The second kappa shape index (κ2) is 10.2. The summed E-state index contributed by atoms with van der Waals surface area (Å²) in [7, 11) is -3.50. The van der Waals surface area contributed by atoms with Gasteiger partial charge >= 0.3 is 0 Å². The van der Waals surface area contributed by atoms with Gasteiger partial charge in [-0.25, -0.2) is 13.4 Å². The van der Waals surface area contributed by atoms with E-state index in [1.54, 1.807) is 30.2 Å². The highest BCUT2D eigenvalue weighted by Crippen LogP contribution is 2.17. The van der Waals surface area contributed by atoms with Crippen molar-refractivity contribution < 1.29 is 23.0 Å². The first-order valence-corrected chi connectivity index (χ1v) is 11.2. The van der Waals surface area contributed by atoms with Crippen LogP contribution in [0, 0.1) is 0 Å². The topological polar surface area (TPSA) is 124 Å². The fourth-order valence-electron chi connectivity index (χ4n) is 2.09. The first-order valence-electron chi connectivity index (χ1n) is 8.17. The summed E-state index contributed by atoms with van der Waals surface area (Å²) in [5.74, 6) is 2.49. The van der Waals surface area contributed by atoms with Gasteiger partial charge in [0.2, 0.25) is 16.0 Å². The molecule has 8 nitrogen and oxygen atoms in total. The van der Waals surface area contributed by atoms with Crippen molar-refractivity contribution in [3.05, 3.63) is 54.0 Å². The van der Waals surface area contributed by atoms with Crippen LogP contribution in [0.3, 0.4) is 0 Å². The zero-order chi connectivity index (χ0) is 19.7. The summed E-state index contributed by atoms with van der Waals surface area (Å²) in [6, 6.07) is 9.81. The number of phenols is 1. The predicted octanol–water partition coefficient (Wildman–Crippen LogP) is 1.45. The van der Waals surface area contributed by atoms with Crippen molar-refractivity contribution in [3.8, 4) is 5.75 Å². The molecule has 148 valence electrons. The van der Waals surface area contributed by atoms with Gasteiger partial charge in [-0.1, -0.05) is 12.1 Å². The quantitative estimate of drug-likeness (QED) is 0.279. The zero-order valence-corrected chi connectivity index (χ0v) is 16.5. The van der Waals surface area contributed by atoms with Gasteiger partial charge in [0.1, 0.15) is 11.5 Å². The predicted molar refractivity (Wildman–Crippen MR) is 106 cm³/mol. The summed E-state index contributed by atoms with van der Waals surface area (Å²) >= 11 is 1.63. The van der Waals surface area contributed by atoms with E-state index in [-0.39, 0.29) is 18.3 Å². The maximum Gasteiger partial charge on any atom is 0.232 e. The molecule has 0 amide bonds. The van der Waals surface area contributed by atoms with Crippen molar-refractivity contribution in [2.45, 2.75) is 11.9 Å². The van der Waals surface area contributed by atoms with Crippen molar-refractivity contribution in [3.63, 3.8) is 0 Å². The van der Waals surface area contributed by atoms with Gasteiger partial charge < -0.3 is 19.9 Å². The Morgan fingerprint density at radius 2 is 2.04 bits per heavy atom. The first-order chi connectivity index (χ1) is 12.8. The molecule has 0 aliphatic carbocycles. The Hall–Kier alpha value is -2.17. The molecule has 0 bridgehead atoms. The first kappa shape index (κ1) is 21.1. The van der Waals surface area contributed by atoms with Crippen LogP contribution in [0.1, 0.15) is 17.4 Å². The van der Waals surface area contributed by atoms with Crippen molar-refractivity contribution in [1.82, 2.24) is 10.0 Å². The van der Waals surface area contributed by atoms with Crippen LogP contribution in [-0.4, -0.2) is 49.7 Å². The molecule has 2 rings (SSSR count). The summed E-state index contributed by atoms with van der Waals surface area (Å²) in [5, 5.41) is 22.4. The van der Waals surface area contributed by atoms with Crippen LogP contribution >= 0.6 is 11.8 Å². The lowest BCUT2D eigenvalue weighted by molar-refractivity contribution is 0.187. The smallest absolute Gasteiger partial charge is 0.232 e. The van der Waals surface area contributed by atoms with E-state index in [2.05, 4.69) is 15.0 Å². The zero-order valence-electron chi connectivity index (χ0n) is 14.8. The van der Waals surface area contributed by atoms with Crippen LogP contribution in [0.15, 0.2) is 52.1 Å². The normalized spacial score (nSPS) is 13.3. The van der Waals surface area contributed by atoms with Crippen LogP contribution in [0.4, 0.5) is 0 Å². The Labute approximate surface area is 162 Å². The number of aliphatic hydroxyl groups excluding tert-OH is 1. The maximum atomic E-state index is 11.5. The Kier molecular flexibility index (Phi) is 8.01. The molecule has 0 fully saturated rings. The average Bonchev–Trinajstić information content (AvgIpc) is 3.11. The third-order valence-corrected chi connectivity index (χ3v) is 4.89. The molecule has 1 atom stereocenters. The van der Waals surface area contributed by atoms with Crippen molar-refractivity contribution in [2.24, 2.45) is 4.99 Å². The minimum Gasteiger partial charge on any atom is -0.508 e. The molecule has 0 aliphatic heterocycles. The minimum absolute atomic E-state index is 0.0326. The fraction of sp³-hybridized carbons (Fsp3) is 0.353. The number of rotatable bonds is 9. The molecular weight excluding hydrogens is 390 g/mol. The van der Waals surface area contributed by atoms with Crippen molar-refractivity contribution in [1.29, 1.82) is 0 Å². The van der Waals surface area contributed by atoms with Gasteiger partial charge in [0, 0.05) is 12.3 Å². The highest BCUT2D eigenvalue weighted by atomic mass is 32.2. The second-order valence-corrected chi connectivity index (χ2v) is 8.58. The third kappa shape index (κ3) is 8.37. The molecule has 1 unspecified atom stereocenters. The molecule has 4 N–H and O–H groups in total. The summed E-state index contributed by atoms with van der Waals surface area (Å²) < 4.78 is 30.5. The lowest BCUT2D eigenvalue weighted by Gasteiger charge is -2.13. The van der Waals surface area contributed by atoms with Crippen LogP contribution in [0.2, 0.25) is 0 Å². The number of hydrogen-bond donors (Lipinski definition) is 4. The van der Waals surface area contributed by atoms with E-state index in [0.29, 0.717) is 17.9 Å². The van der Waals surface area contributed by atoms with E-state index in [4.69, 9.17) is 4.42 Å². The lowest BCUT2D eigenvalue weighted by atomic mass is 10.1. The van der Waals surface area contributed by atoms with Crippen molar-refractivity contribution in [2.75, 3.05) is 25.1 Å². The highest BCUT2D eigenvalue weighted by Gasteiger charge is 2.10. The highest BCUT2D eigenvalue weighted by molar-refractivity contribution is 7.98. The van der Waals surface area contributed by atoms with E-state index in [0.717, 1.165) is 17.8 Å². The van der Waals surface area contributed by atoms with E-state index < -0.39 is 16.1 Å². The largest absolute Gasteiger partial charge is 0.508 e. The number of aromatic hydroxyl groups is 1. The molecule has 10 heteroatoms. The fourth-order valence-corrected chi connectivity index (χ4v) is 3.33. The molecule has 27 heavy (non-hydrogen) atoms. The molecular formula is C17H23N3O5S2. The number of benzene rings is 1. The molecule has 0 saturated heterocycles. The Morgan fingerprint density at radius 1 is 1.30 bits per heavy atom. The second-order valence-electron chi connectivity index (χ2n) is 5.73. The Balaban J connectivity index is 1.86. The number of guanidine groups is 1. The van der Waals surface area contributed by atoms with E-state index in [9.17, 15) is 18.6 Å². The summed E-state index contributed by atoms with van der Waals surface area (Å²) in [5.41, 5.74) is 0.573. The van der Waals surface area contributed by atoms with Crippen LogP contribution in [0.5, 0.6) is 5.75 Å². The lowest BCUT2D eigenvalue weighted by Crippen LogP contribution is -2.41. The van der Waals surface area contributed by atoms with Gasteiger partial charge in [0.25, 0.3) is 0 Å². The molecule has 0 spiro atoms. The van der Waals surface area contributed by atoms with Gasteiger partial charge in [-0.3, -0.25) is 4.72 Å². The van der Waals surface area contributed by atoms with Crippen LogP contribution in [0.25, 0.3) is 0 Å². The molecule has 1 aromatic heterocycles. The standard InChI is InChI=1S/C17H23N3O5S2/c1-27(23,24)20-17(18-8-10-26-12-15-3-2-9-25-15)19-11-16(22)13-4-6-14(21)7-5-13/h2-7,9,16,21-22H,8,10-12H2,1H3,(H2,18,19,20). The molecule has 0 radical (unpaired) electrons. The number of aliphatic hydroxyl groups is 1. The molecule has 2 aromatic rings. The number of thioether (sulfide) groups is 1. The van der Waals surface area contributed by atoms with Gasteiger partial charge in [0.05, 0.1) is 30.9 Å². The van der Waals surface area contributed by atoms with Gasteiger partial charge in [0.15, 0.2) is 0 Å². The van der Waals surface area contributed by atoms with Crippen molar-refractivity contribution >= 4 is 27.7 Å². The summed E-state index contributed by atoms with van der Waals surface area (Å²) in [6.45, 7) is 0.456. The number of furan rings is 1. The molecule has 0 saturated carbocycles. The number of phenolic OH excluding ortho intramolecular Hbond substituents is 1. The number of nitrogens with one attached hydrogen (secondary N) is 2. The molecule has 0 aliphatic rings. The summed E-state index contributed by atoms with van der Waals surface area (Å²) in [6.07, 6.45) is 1.73. The molecule has 1 heterocycles. The summed E-state index contributed by atoms with van der Waals surface area (Å²) in [4.78, 5) is 4.13. The number of sulfonamides is 1. The Bertz CT molecular complexity index is 821. The van der Waals surface area contributed by atoms with E-state index in [1.807, 2.05) is 12.1 Å². The van der Waals surface area contributed by atoms with Gasteiger partial charge in [-0.05, 0) is 29.8 Å². The minimum atomic E-state index is -3.50. The van der Waals surface area contributed by atoms with E-state index >= 15 is 0 Å². The Morgan fingerprint density at radius 3 is 2.67 bits per heavy atom.